The second-order valence-corrected chi connectivity index (χ2v) is 6.18. The summed E-state index contributed by atoms with van der Waals surface area (Å²) in [6.45, 7) is 5.05. The molecule has 7 heteroatoms. The predicted molar refractivity (Wildman–Crippen MR) is 87.1 cm³/mol. The Morgan fingerprint density at radius 1 is 1.25 bits per heavy atom. The Kier molecular flexibility index (Phi) is 3.68. The molecule has 1 aliphatic rings. The van der Waals surface area contributed by atoms with Crippen LogP contribution in [0.3, 0.4) is 0 Å². The first-order valence-corrected chi connectivity index (χ1v) is 7.97. The zero-order valence-electron chi connectivity index (χ0n) is 13.7. The largest absolute Gasteiger partial charge is 0.454 e. The van der Waals surface area contributed by atoms with E-state index in [4.69, 9.17) is 9.47 Å². The van der Waals surface area contributed by atoms with E-state index in [1.165, 1.54) is 5.56 Å². The molecule has 0 spiro atoms. The quantitative estimate of drug-likeness (QED) is 0.779. The molecular weight excluding hydrogens is 306 g/mol. The summed E-state index contributed by atoms with van der Waals surface area (Å²) in [5.74, 6) is 1.89. The number of aromatic amines is 1. The molecule has 0 radical (unpaired) electrons. The lowest BCUT2D eigenvalue weighted by Gasteiger charge is -2.08. The molecule has 1 aliphatic heterocycles. The summed E-state index contributed by atoms with van der Waals surface area (Å²) >= 11 is 0. The van der Waals surface area contributed by atoms with E-state index >= 15 is 0 Å². The highest BCUT2D eigenvalue weighted by Crippen LogP contribution is 2.33. The van der Waals surface area contributed by atoms with Crippen molar-refractivity contribution in [1.29, 1.82) is 0 Å². The molecule has 0 saturated carbocycles. The third-order valence-corrected chi connectivity index (χ3v) is 4.12. The Bertz CT molecular complexity index is 854. The van der Waals surface area contributed by atoms with Crippen LogP contribution in [0.1, 0.15) is 35.5 Å². The zero-order valence-corrected chi connectivity index (χ0v) is 13.7. The molecule has 0 saturated heterocycles. The van der Waals surface area contributed by atoms with E-state index < -0.39 is 0 Å². The Morgan fingerprint density at radius 3 is 2.96 bits per heavy atom. The number of hydrogen-bond acceptors (Lipinski definition) is 5. The fraction of sp³-hybridized carbons (Fsp3) is 0.353. The summed E-state index contributed by atoms with van der Waals surface area (Å²) in [5, 5.41) is 15.7. The minimum atomic E-state index is 0.264. The average molecular weight is 325 g/mol. The van der Waals surface area contributed by atoms with Gasteiger partial charge in [0.25, 0.3) is 0 Å². The van der Waals surface area contributed by atoms with Crippen LogP contribution in [-0.4, -0.2) is 32.0 Å². The molecule has 0 amide bonds. The van der Waals surface area contributed by atoms with Gasteiger partial charge >= 0.3 is 0 Å². The van der Waals surface area contributed by atoms with Gasteiger partial charge in [-0.3, -0.25) is 5.10 Å². The fourth-order valence-electron chi connectivity index (χ4n) is 2.86. The summed E-state index contributed by atoms with van der Waals surface area (Å²) in [6.07, 6.45) is 2.86. The van der Waals surface area contributed by atoms with Crippen LogP contribution in [0.25, 0.3) is 0 Å². The van der Waals surface area contributed by atoms with E-state index in [2.05, 4.69) is 33.5 Å². The van der Waals surface area contributed by atoms with Crippen molar-refractivity contribution in [2.75, 3.05) is 6.79 Å². The number of ether oxygens (including phenoxy) is 2. The van der Waals surface area contributed by atoms with Gasteiger partial charge in [0.15, 0.2) is 11.5 Å². The van der Waals surface area contributed by atoms with Crippen molar-refractivity contribution in [2.45, 2.75) is 32.7 Å². The van der Waals surface area contributed by atoms with Gasteiger partial charge in [0.2, 0.25) is 6.79 Å². The highest BCUT2D eigenvalue weighted by molar-refractivity contribution is 5.44. The molecule has 0 bridgehead atoms. The third-order valence-electron chi connectivity index (χ3n) is 4.12. The summed E-state index contributed by atoms with van der Waals surface area (Å²) < 4.78 is 12.6. The van der Waals surface area contributed by atoms with Gasteiger partial charge in [0.05, 0.1) is 17.9 Å². The molecule has 0 aliphatic carbocycles. The van der Waals surface area contributed by atoms with E-state index in [1.54, 1.807) is 0 Å². The maximum Gasteiger partial charge on any atom is 0.231 e. The molecule has 7 nitrogen and oxygen atoms in total. The molecule has 1 atom stereocenters. The molecule has 124 valence electrons. The summed E-state index contributed by atoms with van der Waals surface area (Å²) in [4.78, 5) is 0. The first-order valence-electron chi connectivity index (χ1n) is 7.97. The van der Waals surface area contributed by atoms with Gasteiger partial charge in [0, 0.05) is 17.8 Å². The van der Waals surface area contributed by atoms with E-state index in [9.17, 15) is 0 Å². The summed E-state index contributed by atoms with van der Waals surface area (Å²) in [5.41, 5.74) is 4.16. The number of aryl methyl sites for hydroxylation is 1. The van der Waals surface area contributed by atoms with Gasteiger partial charge in [0.1, 0.15) is 0 Å². The maximum absolute atomic E-state index is 5.43. The molecule has 1 N–H and O–H groups in total. The normalized spacial score (nSPS) is 14.1. The first-order chi connectivity index (χ1) is 11.7. The van der Waals surface area contributed by atoms with Crippen LogP contribution < -0.4 is 9.47 Å². The molecule has 4 rings (SSSR count). The monoisotopic (exact) mass is 325 g/mol. The fourth-order valence-corrected chi connectivity index (χ4v) is 2.86. The summed E-state index contributed by atoms with van der Waals surface area (Å²) in [7, 11) is 0. The van der Waals surface area contributed by atoms with Crippen LogP contribution in [0.5, 0.6) is 11.5 Å². The number of hydrogen-bond donors (Lipinski definition) is 1. The molecule has 1 aromatic carbocycles. The molecule has 3 heterocycles. The lowest BCUT2D eigenvalue weighted by atomic mass is 9.98. The Morgan fingerprint density at radius 2 is 2.12 bits per heavy atom. The molecular formula is C17H19N5O2. The van der Waals surface area contributed by atoms with Crippen molar-refractivity contribution in [3.63, 3.8) is 0 Å². The number of nitrogens with zero attached hydrogens (tertiary/aromatic N) is 4. The van der Waals surface area contributed by atoms with Crippen LogP contribution >= 0.6 is 0 Å². The summed E-state index contributed by atoms with van der Waals surface area (Å²) in [6, 6.07) is 8.08. The number of rotatable bonds is 5. The average Bonchev–Trinajstić information content (AvgIpc) is 3.28. The standard InChI is InChI=1S/C17H19N5O2/c1-11(5-13-3-4-16-17(7-13)24-10-23-16)15-9-22(21-20-15)8-14-6-12(2)18-19-14/h3-4,6-7,9,11H,5,8,10H2,1-2H3,(H,18,19). The zero-order chi connectivity index (χ0) is 16.5. The van der Waals surface area contributed by atoms with E-state index in [-0.39, 0.29) is 5.92 Å². The van der Waals surface area contributed by atoms with Crippen molar-refractivity contribution >= 4 is 0 Å². The van der Waals surface area contributed by atoms with Crippen LogP contribution in [0.15, 0.2) is 30.5 Å². The van der Waals surface area contributed by atoms with Gasteiger partial charge in [-0.05, 0) is 37.1 Å². The van der Waals surface area contributed by atoms with Gasteiger partial charge in [-0.1, -0.05) is 18.2 Å². The Labute approximate surface area is 139 Å². The second kappa shape index (κ2) is 5.99. The van der Waals surface area contributed by atoms with Crippen LogP contribution in [0.2, 0.25) is 0 Å². The van der Waals surface area contributed by atoms with Gasteiger partial charge in [-0.15, -0.1) is 5.10 Å². The molecule has 2 aromatic heterocycles. The minimum absolute atomic E-state index is 0.264. The van der Waals surface area contributed by atoms with Crippen LogP contribution in [-0.2, 0) is 13.0 Å². The topological polar surface area (TPSA) is 77.8 Å². The number of H-pyrrole nitrogens is 1. The van der Waals surface area contributed by atoms with Crippen molar-refractivity contribution < 1.29 is 9.47 Å². The third kappa shape index (κ3) is 2.97. The van der Waals surface area contributed by atoms with Gasteiger partial charge in [-0.2, -0.15) is 5.10 Å². The van der Waals surface area contributed by atoms with Crippen molar-refractivity contribution in [1.82, 2.24) is 25.2 Å². The Balaban J connectivity index is 1.44. The number of aromatic nitrogens is 5. The SMILES string of the molecule is Cc1cc(Cn2cc(C(C)Cc3ccc4c(c3)OCO4)nn2)n[nH]1. The van der Waals surface area contributed by atoms with Crippen LogP contribution in [0.4, 0.5) is 0 Å². The highest BCUT2D eigenvalue weighted by atomic mass is 16.7. The number of nitrogens with one attached hydrogen (secondary N) is 1. The second-order valence-electron chi connectivity index (χ2n) is 6.18. The number of benzene rings is 1. The predicted octanol–water partition coefficient (Wildman–Crippen LogP) is 2.43. The highest BCUT2D eigenvalue weighted by Gasteiger charge is 2.16. The lowest BCUT2D eigenvalue weighted by Crippen LogP contribution is -2.01. The van der Waals surface area contributed by atoms with E-state index in [0.717, 1.165) is 35.0 Å². The van der Waals surface area contributed by atoms with Gasteiger partial charge in [-0.25, -0.2) is 4.68 Å². The first kappa shape index (κ1) is 14.7. The molecule has 1 unspecified atom stereocenters. The molecule has 24 heavy (non-hydrogen) atoms. The van der Waals surface area contributed by atoms with Gasteiger partial charge < -0.3 is 9.47 Å². The molecule has 3 aromatic rings. The van der Waals surface area contributed by atoms with Crippen molar-refractivity contribution in [3.8, 4) is 11.5 Å². The smallest absolute Gasteiger partial charge is 0.231 e. The van der Waals surface area contributed by atoms with Crippen LogP contribution in [0, 0.1) is 6.92 Å². The minimum Gasteiger partial charge on any atom is -0.454 e. The van der Waals surface area contributed by atoms with E-state index in [1.807, 2.05) is 36.0 Å². The molecule has 0 fully saturated rings. The number of fused-ring (bicyclic) bond motifs is 1. The van der Waals surface area contributed by atoms with Crippen molar-refractivity contribution in [2.24, 2.45) is 0 Å². The Hall–Kier alpha value is -2.83. The maximum atomic E-state index is 5.43. The van der Waals surface area contributed by atoms with Crippen molar-refractivity contribution in [3.05, 3.63) is 53.1 Å². The van der Waals surface area contributed by atoms with E-state index in [0.29, 0.717) is 13.3 Å². The lowest BCUT2D eigenvalue weighted by molar-refractivity contribution is 0.174.